The first-order chi connectivity index (χ1) is 11.7. The van der Waals surface area contributed by atoms with Crippen LogP contribution < -0.4 is 10.1 Å². The van der Waals surface area contributed by atoms with Crippen molar-refractivity contribution in [2.24, 2.45) is 0 Å². The summed E-state index contributed by atoms with van der Waals surface area (Å²) < 4.78 is 5.41. The van der Waals surface area contributed by atoms with Gasteiger partial charge >= 0.3 is 6.03 Å². The zero-order valence-corrected chi connectivity index (χ0v) is 14.2. The van der Waals surface area contributed by atoms with Crippen LogP contribution in [0.2, 0.25) is 0 Å². The number of aromatic nitrogens is 1. The third-order valence-corrected chi connectivity index (χ3v) is 4.39. The van der Waals surface area contributed by atoms with Gasteiger partial charge in [-0.3, -0.25) is 4.98 Å². The predicted molar refractivity (Wildman–Crippen MR) is 93.2 cm³/mol. The van der Waals surface area contributed by atoms with Crippen LogP contribution in [0.15, 0.2) is 36.5 Å². The van der Waals surface area contributed by atoms with Crippen LogP contribution in [-0.2, 0) is 19.4 Å². The van der Waals surface area contributed by atoms with Crippen molar-refractivity contribution in [3.63, 3.8) is 0 Å². The van der Waals surface area contributed by atoms with Gasteiger partial charge in [-0.25, -0.2) is 4.79 Å². The molecule has 0 radical (unpaired) electrons. The minimum absolute atomic E-state index is 0.0106. The van der Waals surface area contributed by atoms with E-state index in [0.29, 0.717) is 19.6 Å². The molecule has 0 unspecified atom stereocenters. The highest BCUT2D eigenvalue weighted by molar-refractivity contribution is 5.74. The van der Waals surface area contributed by atoms with E-state index in [0.717, 1.165) is 29.8 Å². The van der Waals surface area contributed by atoms with Crippen molar-refractivity contribution < 1.29 is 9.53 Å². The number of amides is 2. The Kier molecular flexibility index (Phi) is 4.99. The number of carbonyl (C=O) groups is 1. The summed E-state index contributed by atoms with van der Waals surface area (Å²) in [6, 6.07) is 10.1. The highest BCUT2D eigenvalue weighted by Gasteiger charge is 2.22. The summed E-state index contributed by atoms with van der Waals surface area (Å²) in [5.41, 5.74) is 4.52. The number of aryl methyl sites for hydroxylation is 1. The zero-order chi connectivity index (χ0) is 16.9. The number of rotatable bonds is 4. The molecule has 3 rings (SSSR count). The Morgan fingerprint density at radius 1 is 1.33 bits per heavy atom. The first kappa shape index (κ1) is 16.3. The number of methoxy groups -OCH3 is 1. The molecule has 2 heterocycles. The summed E-state index contributed by atoms with van der Waals surface area (Å²) in [6.45, 7) is 3.93. The van der Waals surface area contributed by atoms with E-state index < -0.39 is 0 Å². The highest BCUT2D eigenvalue weighted by atomic mass is 16.5. The van der Waals surface area contributed by atoms with E-state index in [9.17, 15) is 4.79 Å². The van der Waals surface area contributed by atoms with Crippen LogP contribution in [0.4, 0.5) is 4.79 Å². The maximum absolute atomic E-state index is 12.4. The van der Waals surface area contributed by atoms with Gasteiger partial charge in [-0.15, -0.1) is 0 Å². The zero-order valence-electron chi connectivity index (χ0n) is 14.2. The Morgan fingerprint density at radius 2 is 2.21 bits per heavy atom. The van der Waals surface area contributed by atoms with Gasteiger partial charge in [-0.2, -0.15) is 0 Å². The van der Waals surface area contributed by atoms with Crippen LogP contribution in [0, 0.1) is 6.92 Å². The third-order valence-electron chi connectivity index (χ3n) is 4.39. The van der Waals surface area contributed by atoms with Gasteiger partial charge in [0.25, 0.3) is 0 Å². The van der Waals surface area contributed by atoms with Gasteiger partial charge in [-0.05, 0) is 43.0 Å². The minimum atomic E-state index is -0.0106. The Hall–Kier alpha value is -2.56. The van der Waals surface area contributed by atoms with Gasteiger partial charge in [0, 0.05) is 37.1 Å². The minimum Gasteiger partial charge on any atom is -0.496 e. The maximum atomic E-state index is 12.4. The Labute approximate surface area is 142 Å². The van der Waals surface area contributed by atoms with Crippen LogP contribution in [0.3, 0.4) is 0 Å². The van der Waals surface area contributed by atoms with E-state index in [1.807, 2.05) is 36.2 Å². The quantitative estimate of drug-likeness (QED) is 0.940. The molecule has 0 bridgehead atoms. The predicted octanol–water partition coefficient (Wildman–Crippen LogP) is 2.71. The molecule has 2 amide bonds. The monoisotopic (exact) mass is 325 g/mol. The topological polar surface area (TPSA) is 54.5 Å². The molecule has 1 aromatic carbocycles. The first-order valence-corrected chi connectivity index (χ1v) is 8.26. The maximum Gasteiger partial charge on any atom is 0.317 e. The molecule has 24 heavy (non-hydrogen) atoms. The standard InChI is InChI=1S/C19H23N3O2/c1-14-6-7-15(12-21-14)8-10-20-19(23)22-11-9-17-16(13-22)4-3-5-18(17)24-2/h3-7,12H,8-11,13H2,1-2H3,(H,20,23). The second-order valence-corrected chi connectivity index (χ2v) is 6.06. The number of hydrogen-bond donors (Lipinski definition) is 1. The van der Waals surface area contributed by atoms with Gasteiger partial charge in [0.05, 0.1) is 7.11 Å². The van der Waals surface area contributed by atoms with Crippen molar-refractivity contribution in [1.29, 1.82) is 0 Å². The molecular formula is C19H23N3O2. The Morgan fingerprint density at radius 3 is 2.96 bits per heavy atom. The number of fused-ring (bicyclic) bond motifs is 1. The summed E-state index contributed by atoms with van der Waals surface area (Å²) in [5, 5.41) is 3.00. The summed E-state index contributed by atoms with van der Waals surface area (Å²) in [6.07, 6.45) is 3.48. The molecule has 2 aromatic rings. The molecule has 0 saturated carbocycles. The second kappa shape index (κ2) is 7.34. The number of carbonyl (C=O) groups excluding carboxylic acids is 1. The number of urea groups is 1. The fraction of sp³-hybridized carbons (Fsp3) is 0.368. The van der Waals surface area contributed by atoms with Crippen molar-refractivity contribution in [2.75, 3.05) is 20.2 Å². The third kappa shape index (κ3) is 3.67. The van der Waals surface area contributed by atoms with E-state index in [-0.39, 0.29) is 6.03 Å². The smallest absolute Gasteiger partial charge is 0.317 e. The number of hydrogen-bond acceptors (Lipinski definition) is 3. The summed E-state index contributed by atoms with van der Waals surface area (Å²) in [4.78, 5) is 18.5. The molecule has 0 aliphatic carbocycles. The lowest BCUT2D eigenvalue weighted by atomic mass is 9.99. The second-order valence-electron chi connectivity index (χ2n) is 6.06. The van der Waals surface area contributed by atoms with Crippen LogP contribution in [0.25, 0.3) is 0 Å². The van der Waals surface area contributed by atoms with E-state index in [1.165, 1.54) is 11.1 Å². The Balaban J connectivity index is 1.53. The summed E-state index contributed by atoms with van der Waals surface area (Å²) in [7, 11) is 1.69. The number of benzene rings is 1. The molecule has 1 aromatic heterocycles. The van der Waals surface area contributed by atoms with Gasteiger partial charge in [-0.1, -0.05) is 18.2 Å². The lowest BCUT2D eigenvalue weighted by Gasteiger charge is -2.29. The average molecular weight is 325 g/mol. The van der Waals surface area contributed by atoms with Gasteiger partial charge < -0.3 is 15.0 Å². The highest BCUT2D eigenvalue weighted by Crippen LogP contribution is 2.27. The van der Waals surface area contributed by atoms with E-state index in [1.54, 1.807) is 7.11 Å². The van der Waals surface area contributed by atoms with E-state index in [2.05, 4.69) is 22.4 Å². The first-order valence-electron chi connectivity index (χ1n) is 8.26. The normalized spacial score (nSPS) is 13.3. The fourth-order valence-electron chi connectivity index (χ4n) is 3.01. The molecule has 5 nitrogen and oxygen atoms in total. The SMILES string of the molecule is COc1cccc2c1CCN(C(=O)NCCc1ccc(C)nc1)C2. The largest absolute Gasteiger partial charge is 0.496 e. The average Bonchev–Trinajstić information content (AvgIpc) is 2.62. The lowest BCUT2D eigenvalue weighted by molar-refractivity contribution is 0.192. The number of ether oxygens (including phenoxy) is 1. The van der Waals surface area contributed by atoms with E-state index in [4.69, 9.17) is 4.74 Å². The lowest BCUT2D eigenvalue weighted by Crippen LogP contribution is -2.43. The van der Waals surface area contributed by atoms with Gasteiger partial charge in [0.15, 0.2) is 0 Å². The summed E-state index contributed by atoms with van der Waals surface area (Å²) >= 11 is 0. The summed E-state index contributed by atoms with van der Waals surface area (Å²) in [5.74, 6) is 0.916. The van der Waals surface area contributed by atoms with Crippen LogP contribution in [-0.4, -0.2) is 36.1 Å². The van der Waals surface area contributed by atoms with Gasteiger partial charge in [0.2, 0.25) is 0 Å². The van der Waals surface area contributed by atoms with Gasteiger partial charge in [0.1, 0.15) is 5.75 Å². The van der Waals surface area contributed by atoms with Crippen LogP contribution >= 0.6 is 0 Å². The molecule has 0 saturated heterocycles. The Bertz CT molecular complexity index is 713. The molecule has 0 atom stereocenters. The van der Waals surface area contributed by atoms with E-state index >= 15 is 0 Å². The molecule has 5 heteroatoms. The molecule has 1 N–H and O–H groups in total. The number of pyridine rings is 1. The molecule has 1 aliphatic heterocycles. The van der Waals surface area contributed by atoms with Crippen LogP contribution in [0.5, 0.6) is 5.75 Å². The molecule has 0 spiro atoms. The number of nitrogens with one attached hydrogen (secondary N) is 1. The van der Waals surface area contributed by atoms with Crippen molar-refractivity contribution in [1.82, 2.24) is 15.2 Å². The molecule has 0 fully saturated rings. The molecule has 1 aliphatic rings. The van der Waals surface area contributed by atoms with Crippen molar-refractivity contribution in [2.45, 2.75) is 26.3 Å². The van der Waals surface area contributed by atoms with Crippen molar-refractivity contribution >= 4 is 6.03 Å². The van der Waals surface area contributed by atoms with Crippen LogP contribution in [0.1, 0.15) is 22.4 Å². The molecule has 126 valence electrons. The van der Waals surface area contributed by atoms with Crippen molar-refractivity contribution in [3.8, 4) is 5.75 Å². The number of nitrogens with zero attached hydrogens (tertiary/aromatic N) is 2. The van der Waals surface area contributed by atoms with Crippen molar-refractivity contribution in [3.05, 3.63) is 58.9 Å². The fourth-order valence-corrected chi connectivity index (χ4v) is 3.01. The molecular weight excluding hydrogens is 302 g/mol.